The molecule has 0 N–H and O–H groups in total. The maximum atomic E-state index is 6.98. The molecule has 0 spiro atoms. The van der Waals surface area contributed by atoms with Gasteiger partial charge in [-0.2, -0.15) is 0 Å². The predicted molar refractivity (Wildman–Crippen MR) is 138 cm³/mol. The summed E-state index contributed by atoms with van der Waals surface area (Å²) in [5.74, 6) is 0. The maximum Gasteiger partial charge on any atom is 0.135 e. The Bertz CT molecular complexity index is 1080. The fourth-order valence-corrected chi connectivity index (χ4v) is 4.62. The van der Waals surface area contributed by atoms with Gasteiger partial charge in [-0.3, -0.25) is 0 Å². The van der Waals surface area contributed by atoms with E-state index in [4.69, 9.17) is 51.1 Å². The summed E-state index contributed by atoms with van der Waals surface area (Å²) in [5.41, 5.74) is 2.69. The van der Waals surface area contributed by atoms with Crippen LogP contribution in [0.2, 0.25) is 15.1 Å². The van der Waals surface area contributed by atoms with E-state index in [9.17, 15) is 0 Å². The minimum absolute atomic E-state index is 0.307. The van der Waals surface area contributed by atoms with E-state index in [1.54, 1.807) is 12.1 Å². The maximum absolute atomic E-state index is 6.98. The highest BCUT2D eigenvalue weighted by Crippen LogP contribution is 2.32. The number of hydrogen-bond acceptors (Lipinski definition) is 3. The quantitative estimate of drug-likeness (QED) is 0.211. The average molecular weight is 522 g/mol. The summed E-state index contributed by atoms with van der Waals surface area (Å²) < 4.78 is 6.32. The van der Waals surface area contributed by atoms with Gasteiger partial charge in [-0.1, -0.05) is 94.9 Å². The first-order valence-corrected chi connectivity index (χ1v) is 12.2. The number of halogens is 4. The standard InChI is InChI=1S/C26H24Cl4N2O/c27-22-9-6-20(7-10-22)25(33-17-21-8-11-23(28)16-24(21)29)26(30)32-15-14-31(18-32)13-12-19-4-2-1-3-5-19/h1-11,14-16,25-26H,12-13,17-18H2. The van der Waals surface area contributed by atoms with Crippen LogP contribution < -0.4 is 0 Å². The van der Waals surface area contributed by atoms with E-state index in [0.717, 1.165) is 24.1 Å². The minimum atomic E-state index is -0.421. The molecular weight excluding hydrogens is 498 g/mol. The van der Waals surface area contributed by atoms with Gasteiger partial charge in [-0.25, -0.2) is 0 Å². The van der Waals surface area contributed by atoms with Crippen LogP contribution in [0.25, 0.3) is 0 Å². The highest BCUT2D eigenvalue weighted by Gasteiger charge is 2.29. The molecule has 0 saturated heterocycles. The van der Waals surface area contributed by atoms with Gasteiger partial charge < -0.3 is 14.5 Å². The van der Waals surface area contributed by atoms with Crippen molar-refractivity contribution in [2.45, 2.75) is 24.6 Å². The van der Waals surface area contributed by atoms with Crippen LogP contribution >= 0.6 is 46.4 Å². The molecule has 1 aliphatic heterocycles. The van der Waals surface area contributed by atoms with E-state index in [2.05, 4.69) is 40.3 Å². The van der Waals surface area contributed by atoms with Gasteiger partial charge in [-0.05, 0) is 47.4 Å². The van der Waals surface area contributed by atoms with Gasteiger partial charge >= 0.3 is 0 Å². The molecular formula is C26H24Cl4N2O. The van der Waals surface area contributed by atoms with Crippen LogP contribution in [-0.4, -0.2) is 28.5 Å². The molecule has 3 nitrogen and oxygen atoms in total. The number of benzene rings is 3. The Morgan fingerprint density at radius 3 is 2.30 bits per heavy atom. The van der Waals surface area contributed by atoms with Gasteiger partial charge in [0.2, 0.25) is 0 Å². The van der Waals surface area contributed by atoms with Crippen molar-refractivity contribution < 1.29 is 4.74 Å². The summed E-state index contributed by atoms with van der Waals surface area (Å²) >= 11 is 25.5. The Morgan fingerprint density at radius 1 is 0.848 bits per heavy atom. The van der Waals surface area contributed by atoms with E-state index in [1.807, 2.05) is 42.6 Å². The molecule has 3 aromatic rings. The molecule has 0 bridgehead atoms. The molecule has 2 unspecified atom stereocenters. The molecule has 7 heteroatoms. The molecule has 2 atom stereocenters. The molecule has 0 amide bonds. The van der Waals surface area contributed by atoms with Crippen molar-refractivity contribution in [3.05, 3.63) is 117 Å². The van der Waals surface area contributed by atoms with Gasteiger partial charge in [0, 0.05) is 34.0 Å². The van der Waals surface area contributed by atoms with Crippen molar-refractivity contribution in [1.29, 1.82) is 0 Å². The van der Waals surface area contributed by atoms with Crippen LogP contribution in [0.1, 0.15) is 22.8 Å². The fraction of sp³-hybridized carbons (Fsp3) is 0.231. The number of hydrogen-bond donors (Lipinski definition) is 0. The third kappa shape index (κ3) is 6.59. The molecule has 0 fully saturated rings. The highest BCUT2D eigenvalue weighted by molar-refractivity contribution is 6.35. The molecule has 1 heterocycles. The summed E-state index contributed by atoms with van der Waals surface area (Å²) in [4.78, 5) is 4.33. The lowest BCUT2D eigenvalue weighted by atomic mass is 10.1. The van der Waals surface area contributed by atoms with E-state index < -0.39 is 11.6 Å². The van der Waals surface area contributed by atoms with Crippen LogP contribution in [0.5, 0.6) is 0 Å². The zero-order chi connectivity index (χ0) is 23.2. The Morgan fingerprint density at radius 2 is 1.58 bits per heavy atom. The van der Waals surface area contributed by atoms with Crippen molar-refractivity contribution in [3.63, 3.8) is 0 Å². The van der Waals surface area contributed by atoms with Gasteiger partial charge in [0.25, 0.3) is 0 Å². The van der Waals surface area contributed by atoms with Gasteiger partial charge in [0.15, 0.2) is 0 Å². The summed E-state index contributed by atoms with van der Waals surface area (Å²) in [6.45, 7) is 1.91. The van der Waals surface area contributed by atoms with Crippen LogP contribution in [0.4, 0.5) is 0 Å². The molecule has 3 aromatic carbocycles. The number of nitrogens with zero attached hydrogens (tertiary/aromatic N) is 2. The number of alkyl halides is 1. The Kier molecular flexibility index (Phi) is 8.45. The molecule has 0 aromatic heterocycles. The van der Waals surface area contributed by atoms with Gasteiger partial charge in [0.1, 0.15) is 11.6 Å². The molecule has 4 rings (SSSR count). The van der Waals surface area contributed by atoms with E-state index in [1.165, 1.54) is 5.56 Å². The molecule has 33 heavy (non-hydrogen) atoms. The van der Waals surface area contributed by atoms with Crippen LogP contribution in [0, 0.1) is 0 Å². The molecule has 0 saturated carbocycles. The lowest BCUT2D eigenvalue weighted by Crippen LogP contribution is -2.36. The third-order valence-electron chi connectivity index (χ3n) is 5.54. The molecule has 1 aliphatic rings. The van der Waals surface area contributed by atoms with E-state index in [0.29, 0.717) is 28.3 Å². The first kappa shape index (κ1) is 24.3. The second kappa shape index (κ2) is 11.5. The minimum Gasteiger partial charge on any atom is -0.365 e. The lowest BCUT2D eigenvalue weighted by molar-refractivity contribution is 0.00688. The van der Waals surface area contributed by atoms with Crippen molar-refractivity contribution in [2.75, 3.05) is 13.2 Å². The summed E-state index contributed by atoms with van der Waals surface area (Å²) in [7, 11) is 0. The second-order valence-electron chi connectivity index (χ2n) is 7.89. The second-order valence-corrected chi connectivity index (χ2v) is 9.62. The van der Waals surface area contributed by atoms with E-state index >= 15 is 0 Å². The predicted octanol–water partition coefficient (Wildman–Crippen LogP) is 7.76. The van der Waals surface area contributed by atoms with Crippen molar-refractivity contribution >= 4 is 46.4 Å². The van der Waals surface area contributed by atoms with Crippen molar-refractivity contribution in [2.24, 2.45) is 0 Å². The van der Waals surface area contributed by atoms with Crippen LogP contribution in [-0.2, 0) is 17.8 Å². The molecule has 172 valence electrons. The largest absolute Gasteiger partial charge is 0.365 e. The van der Waals surface area contributed by atoms with Crippen LogP contribution in [0.3, 0.4) is 0 Å². The summed E-state index contributed by atoms with van der Waals surface area (Å²) in [6.07, 6.45) is 4.67. The zero-order valence-electron chi connectivity index (χ0n) is 17.9. The summed E-state index contributed by atoms with van der Waals surface area (Å²) in [6, 6.07) is 23.4. The highest BCUT2D eigenvalue weighted by atomic mass is 35.5. The third-order valence-corrected chi connectivity index (χ3v) is 6.86. The number of ether oxygens (including phenoxy) is 1. The Balaban J connectivity index is 1.43. The van der Waals surface area contributed by atoms with E-state index in [-0.39, 0.29) is 0 Å². The van der Waals surface area contributed by atoms with Crippen molar-refractivity contribution in [1.82, 2.24) is 9.80 Å². The fourth-order valence-electron chi connectivity index (χ4n) is 3.69. The normalized spacial score (nSPS) is 15.2. The summed E-state index contributed by atoms with van der Waals surface area (Å²) in [5, 5.41) is 1.82. The Labute approximate surface area is 215 Å². The zero-order valence-corrected chi connectivity index (χ0v) is 20.9. The molecule has 0 aliphatic carbocycles. The average Bonchev–Trinajstić information content (AvgIpc) is 3.30. The lowest BCUT2D eigenvalue weighted by Gasteiger charge is -2.31. The first-order chi connectivity index (χ1) is 16.0. The topological polar surface area (TPSA) is 15.7 Å². The smallest absolute Gasteiger partial charge is 0.135 e. The van der Waals surface area contributed by atoms with Crippen molar-refractivity contribution in [3.8, 4) is 0 Å². The van der Waals surface area contributed by atoms with Gasteiger partial charge in [-0.15, -0.1) is 0 Å². The Hall–Kier alpha value is -1.88. The first-order valence-electron chi connectivity index (χ1n) is 10.7. The number of rotatable bonds is 9. The van der Waals surface area contributed by atoms with Crippen LogP contribution in [0.15, 0.2) is 85.2 Å². The molecule has 0 radical (unpaired) electrons. The monoisotopic (exact) mass is 520 g/mol. The van der Waals surface area contributed by atoms with Gasteiger partial charge in [0.05, 0.1) is 13.3 Å². The SMILES string of the molecule is Clc1ccc(C(OCc2ccc(Cl)cc2Cl)C(Cl)N2C=CN(CCc3ccccc3)C2)cc1.